The van der Waals surface area contributed by atoms with Gasteiger partial charge in [0.05, 0.1) is 23.3 Å². The molecule has 2 aromatic heterocycles. The lowest BCUT2D eigenvalue weighted by atomic mass is 10.0. The van der Waals surface area contributed by atoms with Crippen molar-refractivity contribution < 1.29 is 27.6 Å². The van der Waals surface area contributed by atoms with Crippen LogP contribution in [0, 0.1) is 0 Å². The summed E-state index contributed by atoms with van der Waals surface area (Å²) < 4.78 is 40.2. The molecule has 4 aromatic rings. The molecular formula is C31H28F3N7O3S. The Morgan fingerprint density at radius 2 is 1.78 bits per heavy atom. The molecule has 1 atom stereocenters. The number of benzene rings is 2. The van der Waals surface area contributed by atoms with Crippen LogP contribution in [0.15, 0.2) is 96.3 Å². The molecule has 14 heteroatoms. The molecule has 0 aliphatic carbocycles. The number of imide groups is 1. The summed E-state index contributed by atoms with van der Waals surface area (Å²) in [6.45, 7) is 3.20. The van der Waals surface area contributed by atoms with Crippen LogP contribution < -0.4 is 21.3 Å². The van der Waals surface area contributed by atoms with Gasteiger partial charge >= 0.3 is 11.5 Å². The highest BCUT2D eigenvalue weighted by atomic mass is 32.2. The fraction of sp³-hybridized carbons (Fsp3) is 0.194. The smallest absolute Gasteiger partial charge is 0.339 e. The highest BCUT2D eigenvalue weighted by Gasteiger charge is 2.52. The van der Waals surface area contributed by atoms with Crippen molar-refractivity contribution in [2.45, 2.75) is 42.4 Å². The van der Waals surface area contributed by atoms with E-state index in [2.05, 4.69) is 20.6 Å². The zero-order valence-corrected chi connectivity index (χ0v) is 24.9. The van der Waals surface area contributed by atoms with Gasteiger partial charge in [0.2, 0.25) is 5.91 Å². The quantitative estimate of drug-likeness (QED) is 0.146. The lowest BCUT2D eigenvalue weighted by molar-refractivity contribution is -0.123. The molecule has 10 nitrogen and oxygen atoms in total. The number of thioether (sulfide) groups is 1. The van der Waals surface area contributed by atoms with Crippen LogP contribution in [-0.4, -0.2) is 43.8 Å². The van der Waals surface area contributed by atoms with Crippen molar-refractivity contribution >= 4 is 52.5 Å². The monoisotopic (exact) mass is 635 g/mol. The van der Waals surface area contributed by atoms with Crippen LogP contribution in [-0.2, 0) is 16.1 Å². The molecule has 1 aliphatic heterocycles. The molecule has 0 unspecified atom stereocenters. The van der Waals surface area contributed by atoms with E-state index in [1.807, 2.05) is 6.07 Å². The first kappa shape index (κ1) is 31.5. The van der Waals surface area contributed by atoms with Crippen molar-refractivity contribution in [3.8, 4) is 0 Å². The maximum Gasteiger partial charge on any atom is 0.446 e. The van der Waals surface area contributed by atoms with Crippen molar-refractivity contribution in [3.63, 3.8) is 0 Å². The second kappa shape index (κ2) is 12.6. The van der Waals surface area contributed by atoms with Gasteiger partial charge in [0.15, 0.2) is 0 Å². The van der Waals surface area contributed by atoms with Crippen LogP contribution in [0.5, 0.6) is 0 Å². The number of amides is 4. The third kappa shape index (κ3) is 7.07. The highest BCUT2D eigenvalue weighted by molar-refractivity contribution is 8.00. The zero-order valence-electron chi connectivity index (χ0n) is 24.1. The number of hydrogen-bond acceptors (Lipinski definition) is 8. The van der Waals surface area contributed by atoms with Crippen molar-refractivity contribution in [3.05, 3.63) is 103 Å². The Kier molecular flexibility index (Phi) is 8.80. The molecule has 0 radical (unpaired) electrons. The van der Waals surface area contributed by atoms with Gasteiger partial charge in [-0.25, -0.2) is 14.7 Å². The Hall–Kier alpha value is -4.95. The number of rotatable bonds is 9. The normalized spacial score (nSPS) is 15.2. The number of nitrogens with zero attached hydrogens (tertiary/aromatic N) is 4. The van der Waals surface area contributed by atoms with Crippen molar-refractivity contribution in [2.24, 2.45) is 5.73 Å². The van der Waals surface area contributed by atoms with Crippen LogP contribution in [0.2, 0.25) is 0 Å². The van der Waals surface area contributed by atoms with Crippen LogP contribution >= 0.6 is 11.8 Å². The summed E-state index contributed by atoms with van der Waals surface area (Å²) in [7, 11) is 0. The van der Waals surface area contributed by atoms with E-state index >= 15 is 0 Å². The molecule has 4 amide bonds. The Labute approximate surface area is 260 Å². The van der Waals surface area contributed by atoms with E-state index in [4.69, 9.17) is 5.73 Å². The Morgan fingerprint density at radius 1 is 1.02 bits per heavy atom. The molecule has 45 heavy (non-hydrogen) atoms. The van der Waals surface area contributed by atoms with E-state index in [1.165, 1.54) is 17.0 Å². The van der Waals surface area contributed by atoms with E-state index in [1.54, 1.807) is 81.0 Å². The SMILES string of the molecule is CC1(C)C(=O)N(c2ccc(SC(F)(F)F)c(NC(=O)[C@H](N)c3ccccc3)c2)C(=O)N1Cc1ccnc(Nc2cccnc2)c1. The standard InChI is InChI=1S/C31H28F3N7O3S/c1-30(2)28(43)41(29(44)40(30)18-19-12-14-37-25(15-19)38-21-9-6-13-36-17-21)22-10-11-24(45-31(32,33)34)23(16-22)39-27(42)26(35)20-7-4-3-5-8-20/h3-17,26H,18,35H2,1-2H3,(H,37,38)(H,39,42)/t26-/m1/s1. The van der Waals surface area contributed by atoms with E-state index in [-0.39, 0.29) is 22.8 Å². The molecule has 0 bridgehead atoms. The minimum atomic E-state index is -4.67. The number of carbonyl (C=O) groups excluding carboxylic acids is 3. The third-order valence-corrected chi connectivity index (χ3v) is 7.88. The predicted octanol–water partition coefficient (Wildman–Crippen LogP) is 6.22. The summed E-state index contributed by atoms with van der Waals surface area (Å²) >= 11 is -0.436. The molecule has 0 spiro atoms. The van der Waals surface area contributed by atoms with Gasteiger partial charge in [-0.3, -0.25) is 14.6 Å². The Bertz CT molecular complexity index is 1720. The first-order valence-electron chi connectivity index (χ1n) is 13.6. The van der Waals surface area contributed by atoms with Gasteiger partial charge in [-0.2, -0.15) is 13.2 Å². The maximum absolute atomic E-state index is 13.8. The fourth-order valence-electron chi connectivity index (χ4n) is 4.73. The van der Waals surface area contributed by atoms with Crippen molar-refractivity contribution in [2.75, 3.05) is 15.5 Å². The summed E-state index contributed by atoms with van der Waals surface area (Å²) in [6, 6.07) is 17.0. The number of hydrogen-bond donors (Lipinski definition) is 3. The van der Waals surface area contributed by atoms with Gasteiger partial charge in [-0.15, -0.1) is 0 Å². The van der Waals surface area contributed by atoms with Gasteiger partial charge in [-0.05, 0) is 79.2 Å². The van der Waals surface area contributed by atoms with Crippen LogP contribution in [0.3, 0.4) is 0 Å². The highest BCUT2D eigenvalue weighted by Crippen LogP contribution is 2.43. The molecular weight excluding hydrogens is 607 g/mol. The number of anilines is 4. The van der Waals surface area contributed by atoms with Crippen LogP contribution in [0.1, 0.15) is 31.0 Å². The second-order valence-corrected chi connectivity index (χ2v) is 11.7. The molecule has 232 valence electrons. The summed E-state index contributed by atoms with van der Waals surface area (Å²) in [6.07, 6.45) is 4.83. The molecule has 2 aromatic carbocycles. The van der Waals surface area contributed by atoms with Crippen LogP contribution in [0.4, 0.5) is 40.8 Å². The lowest BCUT2D eigenvalue weighted by Crippen LogP contribution is -2.43. The second-order valence-electron chi connectivity index (χ2n) is 10.6. The molecule has 1 fully saturated rings. The summed E-state index contributed by atoms with van der Waals surface area (Å²) in [4.78, 5) is 50.6. The predicted molar refractivity (Wildman–Crippen MR) is 165 cm³/mol. The largest absolute Gasteiger partial charge is 0.446 e. The molecule has 1 aliphatic rings. The first-order valence-corrected chi connectivity index (χ1v) is 14.4. The van der Waals surface area contributed by atoms with Gasteiger partial charge < -0.3 is 21.3 Å². The fourth-order valence-corrected chi connectivity index (χ4v) is 5.33. The molecule has 5 rings (SSSR count). The lowest BCUT2D eigenvalue weighted by Gasteiger charge is -2.27. The van der Waals surface area contributed by atoms with Crippen LogP contribution in [0.25, 0.3) is 0 Å². The Morgan fingerprint density at radius 3 is 2.47 bits per heavy atom. The molecule has 3 heterocycles. The molecule has 4 N–H and O–H groups in total. The average Bonchev–Trinajstić information content (AvgIpc) is 3.17. The first-order chi connectivity index (χ1) is 21.3. The number of carbonyl (C=O) groups is 3. The number of halogens is 3. The molecule has 1 saturated heterocycles. The van der Waals surface area contributed by atoms with Gasteiger partial charge in [0.25, 0.3) is 5.91 Å². The topological polar surface area (TPSA) is 134 Å². The number of aromatic nitrogens is 2. The van der Waals surface area contributed by atoms with E-state index in [0.29, 0.717) is 22.6 Å². The number of urea groups is 1. The third-order valence-electron chi connectivity index (χ3n) is 7.07. The van der Waals surface area contributed by atoms with E-state index in [0.717, 1.165) is 11.0 Å². The van der Waals surface area contributed by atoms with Crippen molar-refractivity contribution in [1.29, 1.82) is 0 Å². The van der Waals surface area contributed by atoms with Crippen molar-refractivity contribution in [1.82, 2.24) is 14.9 Å². The zero-order chi connectivity index (χ0) is 32.4. The number of nitrogens with one attached hydrogen (secondary N) is 2. The Balaban J connectivity index is 1.42. The van der Waals surface area contributed by atoms with Gasteiger partial charge in [-0.1, -0.05) is 30.3 Å². The number of alkyl halides is 3. The minimum absolute atomic E-state index is 0.00987. The number of nitrogens with two attached hydrogens (primary N) is 1. The summed E-state index contributed by atoms with van der Waals surface area (Å²) in [5, 5.41) is 5.58. The van der Waals surface area contributed by atoms with Gasteiger partial charge in [0, 0.05) is 23.8 Å². The summed E-state index contributed by atoms with van der Waals surface area (Å²) in [5.74, 6) is -0.860. The summed E-state index contributed by atoms with van der Waals surface area (Å²) in [5.41, 5.74) is 1.67. The minimum Gasteiger partial charge on any atom is -0.339 e. The number of pyridine rings is 2. The van der Waals surface area contributed by atoms with E-state index < -0.39 is 46.7 Å². The van der Waals surface area contributed by atoms with E-state index in [9.17, 15) is 27.6 Å². The van der Waals surface area contributed by atoms with Gasteiger partial charge in [0.1, 0.15) is 17.4 Å². The maximum atomic E-state index is 13.8. The average molecular weight is 636 g/mol. The molecule has 0 saturated carbocycles.